The highest BCUT2D eigenvalue weighted by Gasteiger charge is 2.21. The molecule has 0 aliphatic carbocycles. The summed E-state index contributed by atoms with van der Waals surface area (Å²) in [4.78, 5) is 0. The molecule has 0 bridgehead atoms. The first-order chi connectivity index (χ1) is 9.84. The molecule has 6 heteroatoms. The van der Waals surface area contributed by atoms with Crippen molar-refractivity contribution in [2.75, 3.05) is 13.1 Å². The van der Waals surface area contributed by atoms with E-state index >= 15 is 0 Å². The van der Waals surface area contributed by atoms with Crippen LogP contribution in [0.5, 0.6) is 5.95 Å². The average molecular weight is 274 g/mol. The first kappa shape index (κ1) is 13.1. The lowest BCUT2D eigenvalue weighted by Gasteiger charge is -2.26. The van der Waals surface area contributed by atoms with E-state index in [9.17, 15) is 5.11 Å². The van der Waals surface area contributed by atoms with Crippen LogP contribution in [0.25, 0.3) is 5.69 Å². The molecule has 1 aliphatic heterocycles. The molecule has 0 spiro atoms. The van der Waals surface area contributed by atoms with E-state index in [1.54, 1.807) is 4.68 Å². The molecule has 106 valence electrons. The zero-order chi connectivity index (χ0) is 13.8. The van der Waals surface area contributed by atoms with Crippen molar-refractivity contribution in [2.45, 2.75) is 25.8 Å². The van der Waals surface area contributed by atoms with Crippen molar-refractivity contribution in [2.24, 2.45) is 0 Å². The Bertz CT molecular complexity index is 550. The van der Waals surface area contributed by atoms with Gasteiger partial charge in [-0.25, -0.2) is 10.4 Å². The number of nitrogens with zero attached hydrogens (tertiary/aromatic N) is 3. The predicted molar refractivity (Wildman–Crippen MR) is 69.7 cm³/mol. The minimum Gasteiger partial charge on any atom is -0.539 e. The van der Waals surface area contributed by atoms with Gasteiger partial charge in [-0.1, -0.05) is 24.6 Å². The van der Waals surface area contributed by atoms with Crippen LogP contribution in [0.3, 0.4) is 0 Å². The monoisotopic (exact) mass is 274 g/mol. The zero-order valence-electron chi connectivity index (χ0n) is 11.3. The van der Waals surface area contributed by atoms with Gasteiger partial charge >= 0.3 is 0 Å². The van der Waals surface area contributed by atoms with E-state index in [0.717, 1.165) is 18.8 Å². The quantitative estimate of drug-likeness (QED) is 0.823. The number of piperidine rings is 1. The van der Waals surface area contributed by atoms with Crippen molar-refractivity contribution in [1.29, 1.82) is 0 Å². The van der Waals surface area contributed by atoms with Crippen LogP contribution >= 0.6 is 0 Å². The Morgan fingerprint density at radius 1 is 1.20 bits per heavy atom. The molecule has 0 saturated carbocycles. The Balaban J connectivity index is 1.74. The van der Waals surface area contributed by atoms with Crippen molar-refractivity contribution in [3.8, 4) is 11.6 Å². The van der Waals surface area contributed by atoms with E-state index in [-0.39, 0.29) is 0 Å². The lowest BCUT2D eigenvalue weighted by Crippen LogP contribution is -2.45. The van der Waals surface area contributed by atoms with Crippen molar-refractivity contribution in [1.82, 2.24) is 15.7 Å². The second-order valence-corrected chi connectivity index (χ2v) is 4.94. The SMILES string of the molecule is [O-]c1on[n+](-c2ccccc2)c1CNN1CCCCC1. The normalized spacial score (nSPS) is 16.4. The lowest BCUT2D eigenvalue weighted by atomic mass is 10.2. The van der Waals surface area contributed by atoms with Gasteiger partial charge in [0.25, 0.3) is 5.69 Å². The molecule has 0 radical (unpaired) electrons. The Morgan fingerprint density at radius 2 is 1.95 bits per heavy atom. The first-order valence-corrected chi connectivity index (χ1v) is 6.96. The standard InChI is InChI=1S/C14H18N4O2/c19-14-13(11-15-17-9-5-2-6-10-17)18(16-20-14)12-7-3-1-4-8-12/h1,3-4,7-8,15H,2,5-6,9-11H2. The van der Waals surface area contributed by atoms with Crippen LogP contribution in [0, 0.1) is 0 Å². The summed E-state index contributed by atoms with van der Waals surface area (Å²) in [6, 6.07) is 9.53. The van der Waals surface area contributed by atoms with Crippen LogP contribution in [0.2, 0.25) is 0 Å². The second-order valence-electron chi connectivity index (χ2n) is 4.94. The largest absolute Gasteiger partial charge is 0.539 e. The molecular formula is C14H18N4O2. The molecule has 1 N–H and O–H groups in total. The Kier molecular flexibility index (Phi) is 3.94. The third kappa shape index (κ3) is 2.81. The molecule has 1 saturated heterocycles. The summed E-state index contributed by atoms with van der Waals surface area (Å²) >= 11 is 0. The van der Waals surface area contributed by atoms with Crippen LogP contribution in [0.15, 0.2) is 34.9 Å². The van der Waals surface area contributed by atoms with Gasteiger partial charge in [-0.15, -0.1) is 0 Å². The van der Waals surface area contributed by atoms with Gasteiger partial charge in [0.05, 0.1) is 5.27 Å². The van der Waals surface area contributed by atoms with Gasteiger partial charge in [-0.3, -0.25) is 0 Å². The molecule has 0 unspecified atom stereocenters. The molecule has 2 aromatic rings. The fraction of sp³-hybridized carbons (Fsp3) is 0.429. The van der Waals surface area contributed by atoms with E-state index in [1.165, 1.54) is 19.3 Å². The van der Waals surface area contributed by atoms with Gasteiger partial charge in [0.2, 0.25) is 5.69 Å². The first-order valence-electron chi connectivity index (χ1n) is 6.96. The van der Waals surface area contributed by atoms with Crippen molar-refractivity contribution >= 4 is 0 Å². The summed E-state index contributed by atoms with van der Waals surface area (Å²) in [5.74, 6) is -0.390. The molecular weight excluding hydrogens is 256 g/mol. The van der Waals surface area contributed by atoms with Gasteiger partial charge in [0.15, 0.2) is 5.95 Å². The highest BCUT2D eigenvalue weighted by atomic mass is 16.6. The number of aromatic nitrogens is 2. The Labute approximate surface area is 117 Å². The van der Waals surface area contributed by atoms with E-state index in [1.807, 2.05) is 30.3 Å². The third-order valence-electron chi connectivity index (χ3n) is 3.52. The maximum atomic E-state index is 11.8. The highest BCUT2D eigenvalue weighted by molar-refractivity contribution is 5.22. The number of hydrogen-bond donors (Lipinski definition) is 1. The van der Waals surface area contributed by atoms with Gasteiger partial charge in [-0.2, -0.15) is 0 Å². The van der Waals surface area contributed by atoms with E-state index in [4.69, 9.17) is 4.52 Å². The summed E-state index contributed by atoms with van der Waals surface area (Å²) < 4.78 is 6.34. The third-order valence-corrected chi connectivity index (χ3v) is 3.52. The van der Waals surface area contributed by atoms with E-state index in [2.05, 4.69) is 15.7 Å². The number of nitrogens with one attached hydrogen (secondary N) is 1. The van der Waals surface area contributed by atoms with E-state index < -0.39 is 5.95 Å². The van der Waals surface area contributed by atoms with Crippen LogP contribution in [0.1, 0.15) is 25.0 Å². The Morgan fingerprint density at radius 3 is 2.70 bits per heavy atom. The molecule has 3 rings (SSSR count). The topological polar surface area (TPSA) is 68.2 Å². The molecule has 1 aromatic carbocycles. The fourth-order valence-corrected chi connectivity index (χ4v) is 2.42. The van der Waals surface area contributed by atoms with Crippen molar-refractivity contribution in [3.05, 3.63) is 36.0 Å². The molecule has 20 heavy (non-hydrogen) atoms. The van der Waals surface area contributed by atoms with Gasteiger partial charge in [0, 0.05) is 25.2 Å². The van der Waals surface area contributed by atoms with Gasteiger partial charge in [-0.05, 0) is 17.5 Å². The molecule has 1 aliphatic rings. The minimum absolute atomic E-state index is 0.390. The summed E-state index contributed by atoms with van der Waals surface area (Å²) in [7, 11) is 0. The number of benzene rings is 1. The molecule has 1 aromatic heterocycles. The van der Waals surface area contributed by atoms with Crippen LogP contribution < -0.4 is 15.2 Å². The molecule has 6 nitrogen and oxygen atoms in total. The van der Waals surface area contributed by atoms with Crippen molar-refractivity contribution < 1.29 is 14.3 Å². The summed E-state index contributed by atoms with van der Waals surface area (Å²) in [6.45, 7) is 2.47. The zero-order valence-corrected chi connectivity index (χ0v) is 11.3. The molecule has 2 heterocycles. The number of rotatable bonds is 4. The lowest BCUT2D eigenvalue weighted by molar-refractivity contribution is -0.678. The minimum atomic E-state index is -0.390. The smallest absolute Gasteiger partial charge is 0.255 e. The molecule has 1 fully saturated rings. The fourth-order valence-electron chi connectivity index (χ4n) is 2.42. The molecule has 0 amide bonds. The van der Waals surface area contributed by atoms with Gasteiger partial charge < -0.3 is 9.63 Å². The summed E-state index contributed by atoms with van der Waals surface area (Å²) in [5.41, 5.74) is 4.63. The summed E-state index contributed by atoms with van der Waals surface area (Å²) in [5, 5.41) is 17.8. The van der Waals surface area contributed by atoms with Crippen LogP contribution in [-0.2, 0) is 6.54 Å². The van der Waals surface area contributed by atoms with Crippen LogP contribution in [0.4, 0.5) is 0 Å². The summed E-state index contributed by atoms with van der Waals surface area (Å²) in [6.07, 6.45) is 3.67. The highest BCUT2D eigenvalue weighted by Crippen LogP contribution is 2.11. The predicted octanol–water partition coefficient (Wildman–Crippen LogP) is 0.515. The van der Waals surface area contributed by atoms with Gasteiger partial charge in [0.1, 0.15) is 6.54 Å². The molecule has 0 atom stereocenters. The average Bonchev–Trinajstić information content (AvgIpc) is 2.88. The van der Waals surface area contributed by atoms with Crippen molar-refractivity contribution in [3.63, 3.8) is 0 Å². The number of hydrogen-bond acceptors (Lipinski definition) is 5. The maximum Gasteiger partial charge on any atom is 0.255 e. The number of hydrazine groups is 1. The second kappa shape index (κ2) is 6.02. The van der Waals surface area contributed by atoms with E-state index in [0.29, 0.717) is 12.2 Å². The number of para-hydroxylation sites is 1. The maximum absolute atomic E-state index is 11.8. The van der Waals surface area contributed by atoms with Crippen LogP contribution in [-0.4, -0.2) is 23.4 Å². The Hall–Kier alpha value is -1.92.